The Morgan fingerprint density at radius 3 is 2.85 bits per heavy atom. The molecule has 1 heterocycles. The Bertz CT molecular complexity index is 404. The molecule has 0 spiro atoms. The zero-order valence-corrected chi connectivity index (χ0v) is 7.75. The maximum absolute atomic E-state index is 13.1. The molecule has 13 heavy (non-hydrogen) atoms. The molecule has 5 heteroatoms. The highest BCUT2D eigenvalue weighted by Crippen LogP contribution is 2.34. The summed E-state index contributed by atoms with van der Waals surface area (Å²) in [5, 5.41) is 0.278. The number of hydrogen-bond acceptors (Lipinski definition) is 2. The predicted molar refractivity (Wildman–Crippen MR) is 45.5 cm³/mol. The van der Waals surface area contributed by atoms with Gasteiger partial charge in [0.25, 0.3) is 0 Å². The zero-order chi connectivity index (χ0) is 9.59. The van der Waals surface area contributed by atoms with Crippen LogP contribution in [0.1, 0.15) is 15.9 Å². The second-order valence-corrected chi connectivity index (χ2v) is 3.37. The molecule has 0 radical (unpaired) electrons. The summed E-state index contributed by atoms with van der Waals surface area (Å²) >= 11 is 11.4. The summed E-state index contributed by atoms with van der Waals surface area (Å²) in [6, 6.07) is 1.01. The van der Waals surface area contributed by atoms with E-state index in [9.17, 15) is 9.18 Å². The van der Waals surface area contributed by atoms with Crippen LogP contribution in [0.5, 0.6) is 0 Å². The number of benzene rings is 1. The minimum Gasteiger partial charge on any atom is -0.457 e. The molecule has 0 aromatic heterocycles. The topological polar surface area (TPSA) is 26.3 Å². The largest absolute Gasteiger partial charge is 0.457 e. The summed E-state index contributed by atoms with van der Waals surface area (Å²) in [4.78, 5) is 11.0. The van der Waals surface area contributed by atoms with Crippen LogP contribution in [0, 0.1) is 5.82 Å². The zero-order valence-electron chi connectivity index (χ0n) is 6.23. The average molecular weight is 221 g/mol. The van der Waals surface area contributed by atoms with E-state index in [1.165, 1.54) is 0 Å². The van der Waals surface area contributed by atoms with Crippen LogP contribution in [-0.2, 0) is 11.3 Å². The van der Waals surface area contributed by atoms with Crippen molar-refractivity contribution in [1.82, 2.24) is 0 Å². The summed E-state index contributed by atoms with van der Waals surface area (Å²) < 4.78 is 17.8. The van der Waals surface area contributed by atoms with E-state index in [0.29, 0.717) is 5.56 Å². The van der Waals surface area contributed by atoms with Crippen molar-refractivity contribution in [2.45, 2.75) is 6.61 Å². The van der Waals surface area contributed by atoms with Crippen molar-refractivity contribution in [2.75, 3.05) is 0 Å². The van der Waals surface area contributed by atoms with E-state index in [1.807, 2.05) is 0 Å². The van der Waals surface area contributed by atoms with Gasteiger partial charge in [-0.2, -0.15) is 0 Å². The first kappa shape index (κ1) is 8.78. The summed E-state index contributed by atoms with van der Waals surface area (Å²) in [6.45, 7) is -0.00944. The summed E-state index contributed by atoms with van der Waals surface area (Å²) in [6.07, 6.45) is 0. The van der Waals surface area contributed by atoms with Gasteiger partial charge >= 0.3 is 5.97 Å². The van der Waals surface area contributed by atoms with Crippen molar-refractivity contribution in [3.05, 3.63) is 33.1 Å². The number of fused-ring (bicyclic) bond motifs is 1. The molecule has 1 aromatic carbocycles. The maximum Gasteiger partial charge on any atom is 0.341 e. The molecule has 0 saturated heterocycles. The van der Waals surface area contributed by atoms with Gasteiger partial charge in [0.05, 0.1) is 10.0 Å². The Hall–Kier alpha value is -0.800. The van der Waals surface area contributed by atoms with Gasteiger partial charge in [0.1, 0.15) is 18.0 Å². The van der Waals surface area contributed by atoms with Crippen LogP contribution in [-0.4, -0.2) is 5.97 Å². The molecule has 2 nitrogen and oxygen atoms in total. The number of carbonyl (C=O) groups excluding carboxylic acids is 1. The summed E-state index contributed by atoms with van der Waals surface area (Å²) in [5.41, 5.74) is 0.228. The van der Waals surface area contributed by atoms with Crippen LogP contribution >= 0.6 is 23.2 Å². The van der Waals surface area contributed by atoms with Crippen LogP contribution in [0.25, 0.3) is 0 Å². The van der Waals surface area contributed by atoms with Gasteiger partial charge in [0.2, 0.25) is 0 Å². The molecule has 0 atom stereocenters. The van der Waals surface area contributed by atoms with Crippen LogP contribution in [0.3, 0.4) is 0 Å². The lowest BCUT2D eigenvalue weighted by Crippen LogP contribution is -1.98. The molecule has 0 fully saturated rings. The highest BCUT2D eigenvalue weighted by molar-refractivity contribution is 6.42. The van der Waals surface area contributed by atoms with Crippen LogP contribution in [0.2, 0.25) is 10.0 Å². The third kappa shape index (κ3) is 1.19. The van der Waals surface area contributed by atoms with E-state index in [0.717, 1.165) is 6.07 Å². The molecule has 0 aliphatic carbocycles. The maximum atomic E-state index is 13.1. The van der Waals surface area contributed by atoms with Gasteiger partial charge in [-0.1, -0.05) is 23.2 Å². The Morgan fingerprint density at radius 2 is 2.15 bits per heavy atom. The van der Waals surface area contributed by atoms with Crippen molar-refractivity contribution in [2.24, 2.45) is 0 Å². The van der Waals surface area contributed by atoms with E-state index in [1.54, 1.807) is 0 Å². The quantitative estimate of drug-likeness (QED) is 0.497. The van der Waals surface area contributed by atoms with Gasteiger partial charge < -0.3 is 4.74 Å². The van der Waals surface area contributed by atoms with E-state index in [-0.39, 0.29) is 22.2 Å². The lowest BCUT2D eigenvalue weighted by molar-refractivity contribution is 0.0532. The van der Waals surface area contributed by atoms with Gasteiger partial charge in [0, 0.05) is 5.56 Å². The molecule has 0 bridgehead atoms. The number of cyclic esters (lactones) is 1. The van der Waals surface area contributed by atoms with Gasteiger partial charge in [-0.15, -0.1) is 0 Å². The number of ether oxygens (including phenoxy) is 1. The molecule has 0 unspecified atom stereocenters. The molecule has 0 saturated carbocycles. The third-order valence-corrected chi connectivity index (χ3v) is 2.65. The monoisotopic (exact) mass is 220 g/mol. The first-order chi connectivity index (χ1) is 6.11. The molecule has 1 aliphatic rings. The van der Waals surface area contributed by atoms with E-state index in [4.69, 9.17) is 23.2 Å². The first-order valence-electron chi connectivity index (χ1n) is 3.44. The molecular formula is C8H3Cl2FO2. The lowest BCUT2D eigenvalue weighted by atomic mass is 10.1. The summed E-state index contributed by atoms with van der Waals surface area (Å²) in [7, 11) is 0. The number of esters is 1. The number of hydrogen-bond donors (Lipinski definition) is 0. The summed E-state index contributed by atoms with van der Waals surface area (Å²) in [5.74, 6) is -1.38. The predicted octanol–water partition coefficient (Wildman–Crippen LogP) is 2.80. The molecular weight excluding hydrogens is 218 g/mol. The fourth-order valence-electron chi connectivity index (χ4n) is 1.21. The number of rotatable bonds is 0. The van der Waals surface area contributed by atoms with Gasteiger partial charge in [0.15, 0.2) is 0 Å². The molecule has 68 valence electrons. The van der Waals surface area contributed by atoms with Crippen molar-refractivity contribution in [3.63, 3.8) is 0 Å². The normalized spacial score (nSPS) is 14.2. The van der Waals surface area contributed by atoms with E-state index >= 15 is 0 Å². The minimum atomic E-state index is -0.689. The average Bonchev–Trinajstić information content (AvgIpc) is 2.44. The Kier molecular flexibility index (Phi) is 1.93. The number of carbonyl (C=O) groups is 1. The molecule has 0 amide bonds. The van der Waals surface area contributed by atoms with Crippen molar-refractivity contribution >= 4 is 29.2 Å². The molecule has 1 aliphatic heterocycles. The second-order valence-electron chi connectivity index (χ2n) is 2.58. The lowest BCUT2D eigenvalue weighted by Gasteiger charge is -2.01. The van der Waals surface area contributed by atoms with Crippen LogP contribution in [0.15, 0.2) is 6.07 Å². The standard InChI is InChI=1S/C8H3Cl2FO2/c9-4-1-5(11)6-3(7(4)10)2-13-8(6)12/h1H,2H2. The van der Waals surface area contributed by atoms with Gasteiger partial charge in [-0.3, -0.25) is 0 Å². The smallest absolute Gasteiger partial charge is 0.341 e. The third-order valence-electron chi connectivity index (χ3n) is 1.82. The Morgan fingerprint density at radius 1 is 1.46 bits per heavy atom. The van der Waals surface area contributed by atoms with Gasteiger partial charge in [-0.25, -0.2) is 9.18 Å². The van der Waals surface area contributed by atoms with E-state index < -0.39 is 11.8 Å². The minimum absolute atomic E-state index is 0.00944. The Labute approximate surface area is 83.2 Å². The molecule has 2 rings (SSSR count). The fraction of sp³-hybridized carbons (Fsp3) is 0.125. The highest BCUT2D eigenvalue weighted by Gasteiger charge is 2.29. The van der Waals surface area contributed by atoms with Crippen LogP contribution in [0.4, 0.5) is 4.39 Å². The van der Waals surface area contributed by atoms with Crippen molar-refractivity contribution in [3.8, 4) is 0 Å². The SMILES string of the molecule is O=C1OCc2c(Cl)c(Cl)cc(F)c21. The molecule has 0 N–H and O–H groups in total. The highest BCUT2D eigenvalue weighted by atomic mass is 35.5. The fourth-order valence-corrected chi connectivity index (χ4v) is 1.62. The second kappa shape index (κ2) is 2.86. The Balaban J connectivity index is 2.76. The molecule has 1 aromatic rings. The van der Waals surface area contributed by atoms with E-state index in [2.05, 4.69) is 4.74 Å². The van der Waals surface area contributed by atoms with Crippen molar-refractivity contribution < 1.29 is 13.9 Å². The van der Waals surface area contributed by atoms with Gasteiger partial charge in [-0.05, 0) is 6.07 Å². The first-order valence-corrected chi connectivity index (χ1v) is 4.20. The number of halogens is 3. The van der Waals surface area contributed by atoms with Crippen molar-refractivity contribution in [1.29, 1.82) is 0 Å². The van der Waals surface area contributed by atoms with Crippen LogP contribution < -0.4 is 0 Å².